The number of ether oxygens (including phenoxy) is 2. The molecule has 22 heavy (non-hydrogen) atoms. The summed E-state index contributed by atoms with van der Waals surface area (Å²) in [7, 11) is 4.13. The molecular weight excluding hydrogens is 286 g/mol. The minimum atomic E-state index is -1.21. The molecular formula is C16H17NO5. The zero-order valence-electron chi connectivity index (χ0n) is 12.7. The van der Waals surface area contributed by atoms with E-state index in [0.29, 0.717) is 5.69 Å². The van der Waals surface area contributed by atoms with Gasteiger partial charge in [0.1, 0.15) is 5.92 Å². The van der Waals surface area contributed by atoms with Gasteiger partial charge in [-0.25, -0.2) is 0 Å². The minimum Gasteiger partial charge on any atom is -0.469 e. The number of ketones is 1. The third kappa shape index (κ3) is 2.86. The van der Waals surface area contributed by atoms with Gasteiger partial charge in [-0.05, 0) is 12.1 Å². The van der Waals surface area contributed by atoms with Gasteiger partial charge in [-0.15, -0.1) is 0 Å². The first-order chi connectivity index (χ1) is 10.5. The predicted octanol–water partition coefficient (Wildman–Crippen LogP) is 1.71. The Kier molecular flexibility index (Phi) is 4.60. The third-order valence-corrected chi connectivity index (χ3v) is 3.60. The molecule has 1 heterocycles. The number of esters is 2. The summed E-state index contributed by atoms with van der Waals surface area (Å²) >= 11 is 0. The second kappa shape index (κ2) is 6.43. The zero-order valence-corrected chi connectivity index (χ0v) is 12.7. The molecule has 0 spiro atoms. The standard InChI is InChI=1S/C16H17NO5/c1-17-12-7-5-4-6-10(12)8-13(17)15(19)11(16(20)22-3)9-14(18)21-2/h4-8,11H,9H2,1-3H3. The molecule has 0 N–H and O–H groups in total. The molecule has 6 heteroatoms. The Balaban J connectivity index is 2.42. The van der Waals surface area contributed by atoms with Gasteiger partial charge in [-0.2, -0.15) is 0 Å². The second-order valence-electron chi connectivity index (χ2n) is 4.87. The van der Waals surface area contributed by atoms with Crippen LogP contribution in [0.15, 0.2) is 30.3 Å². The lowest BCUT2D eigenvalue weighted by atomic mass is 9.98. The molecule has 0 bridgehead atoms. The van der Waals surface area contributed by atoms with Crippen LogP contribution in [0.1, 0.15) is 16.9 Å². The van der Waals surface area contributed by atoms with Gasteiger partial charge in [0.2, 0.25) is 0 Å². The van der Waals surface area contributed by atoms with Crippen LogP contribution >= 0.6 is 0 Å². The number of nitrogens with zero attached hydrogens (tertiary/aromatic N) is 1. The number of hydrogen-bond donors (Lipinski definition) is 0. The van der Waals surface area contributed by atoms with Crippen LogP contribution in [-0.4, -0.2) is 36.5 Å². The number of carbonyl (C=O) groups excluding carboxylic acids is 3. The average molecular weight is 303 g/mol. The number of benzene rings is 1. The summed E-state index contributed by atoms with van der Waals surface area (Å²) in [6.45, 7) is 0. The van der Waals surface area contributed by atoms with Crippen LogP contribution in [0.4, 0.5) is 0 Å². The maximum absolute atomic E-state index is 12.7. The van der Waals surface area contributed by atoms with E-state index in [9.17, 15) is 14.4 Å². The fourth-order valence-corrected chi connectivity index (χ4v) is 2.38. The van der Waals surface area contributed by atoms with E-state index in [-0.39, 0.29) is 6.42 Å². The molecule has 0 amide bonds. The van der Waals surface area contributed by atoms with Crippen molar-refractivity contribution in [2.75, 3.05) is 14.2 Å². The van der Waals surface area contributed by atoms with Gasteiger partial charge in [0.15, 0.2) is 5.78 Å². The molecule has 0 radical (unpaired) electrons. The monoisotopic (exact) mass is 303 g/mol. The van der Waals surface area contributed by atoms with Gasteiger partial charge in [0, 0.05) is 18.0 Å². The van der Waals surface area contributed by atoms with Gasteiger partial charge in [-0.1, -0.05) is 18.2 Å². The highest BCUT2D eigenvalue weighted by Crippen LogP contribution is 2.22. The first-order valence-electron chi connectivity index (χ1n) is 6.73. The number of aryl methyl sites for hydroxylation is 1. The first-order valence-corrected chi connectivity index (χ1v) is 6.73. The van der Waals surface area contributed by atoms with Crippen molar-refractivity contribution in [2.45, 2.75) is 6.42 Å². The Hall–Kier alpha value is -2.63. The van der Waals surface area contributed by atoms with Crippen LogP contribution in [0.5, 0.6) is 0 Å². The Morgan fingerprint density at radius 2 is 1.82 bits per heavy atom. The fourth-order valence-electron chi connectivity index (χ4n) is 2.38. The summed E-state index contributed by atoms with van der Waals surface area (Å²) in [5.41, 5.74) is 1.22. The maximum atomic E-state index is 12.7. The van der Waals surface area contributed by atoms with Crippen LogP contribution in [0.2, 0.25) is 0 Å². The number of methoxy groups -OCH3 is 2. The van der Waals surface area contributed by atoms with E-state index in [1.165, 1.54) is 14.2 Å². The molecule has 0 aliphatic rings. The normalized spacial score (nSPS) is 12.0. The van der Waals surface area contributed by atoms with Crippen LogP contribution in [0.25, 0.3) is 10.9 Å². The molecule has 0 saturated carbocycles. The maximum Gasteiger partial charge on any atom is 0.317 e. The molecule has 1 aromatic carbocycles. The zero-order chi connectivity index (χ0) is 16.3. The van der Waals surface area contributed by atoms with Crippen molar-refractivity contribution in [3.63, 3.8) is 0 Å². The van der Waals surface area contributed by atoms with E-state index in [1.807, 2.05) is 24.3 Å². The summed E-state index contributed by atoms with van der Waals surface area (Å²) in [6, 6.07) is 9.18. The molecule has 0 aliphatic heterocycles. The minimum absolute atomic E-state index is 0.344. The van der Waals surface area contributed by atoms with Gasteiger partial charge < -0.3 is 14.0 Å². The third-order valence-electron chi connectivity index (χ3n) is 3.60. The molecule has 116 valence electrons. The summed E-state index contributed by atoms with van der Waals surface area (Å²) in [4.78, 5) is 35.9. The molecule has 0 fully saturated rings. The van der Waals surface area contributed by atoms with E-state index < -0.39 is 23.6 Å². The number of Topliss-reactive ketones (excluding diaryl/α,β-unsaturated/α-hetero) is 1. The summed E-state index contributed by atoms with van der Waals surface area (Å²) in [5.74, 6) is -3.06. The number of fused-ring (bicyclic) bond motifs is 1. The van der Waals surface area contributed by atoms with Crippen molar-refractivity contribution in [3.8, 4) is 0 Å². The first kappa shape index (κ1) is 15.8. The van der Waals surface area contributed by atoms with E-state index in [0.717, 1.165) is 10.9 Å². The molecule has 0 saturated heterocycles. The molecule has 1 aromatic heterocycles. The molecule has 1 atom stereocenters. The smallest absolute Gasteiger partial charge is 0.317 e. The van der Waals surface area contributed by atoms with Crippen molar-refractivity contribution in [3.05, 3.63) is 36.0 Å². The lowest BCUT2D eigenvalue weighted by Crippen LogP contribution is -2.29. The summed E-state index contributed by atoms with van der Waals surface area (Å²) < 4.78 is 10.9. The number of para-hydroxylation sites is 1. The number of rotatable bonds is 5. The van der Waals surface area contributed by atoms with Crippen molar-refractivity contribution in [1.82, 2.24) is 4.57 Å². The lowest BCUT2D eigenvalue weighted by Gasteiger charge is -2.13. The van der Waals surface area contributed by atoms with Gasteiger partial charge in [0.05, 0.1) is 26.3 Å². The van der Waals surface area contributed by atoms with Crippen molar-refractivity contribution in [2.24, 2.45) is 13.0 Å². The highest BCUT2D eigenvalue weighted by atomic mass is 16.5. The number of aromatic nitrogens is 1. The van der Waals surface area contributed by atoms with Crippen molar-refractivity contribution < 1.29 is 23.9 Å². The highest BCUT2D eigenvalue weighted by molar-refractivity contribution is 6.11. The Morgan fingerprint density at radius 3 is 2.41 bits per heavy atom. The van der Waals surface area contributed by atoms with Crippen molar-refractivity contribution >= 4 is 28.6 Å². The van der Waals surface area contributed by atoms with Gasteiger partial charge >= 0.3 is 11.9 Å². The molecule has 0 aliphatic carbocycles. The number of carbonyl (C=O) groups is 3. The lowest BCUT2D eigenvalue weighted by molar-refractivity contribution is -0.150. The second-order valence-corrected chi connectivity index (χ2v) is 4.87. The predicted molar refractivity (Wildman–Crippen MR) is 79.4 cm³/mol. The SMILES string of the molecule is COC(=O)CC(C(=O)OC)C(=O)c1cc2ccccc2n1C. The Morgan fingerprint density at radius 1 is 1.14 bits per heavy atom. The summed E-state index contributed by atoms with van der Waals surface area (Å²) in [5, 5.41) is 0.884. The van der Waals surface area contributed by atoms with E-state index >= 15 is 0 Å². The largest absolute Gasteiger partial charge is 0.469 e. The number of hydrogen-bond acceptors (Lipinski definition) is 5. The van der Waals surface area contributed by atoms with Crippen LogP contribution in [-0.2, 0) is 26.1 Å². The quantitative estimate of drug-likeness (QED) is 0.477. The Labute approximate surface area is 127 Å². The van der Waals surface area contributed by atoms with Crippen LogP contribution in [0, 0.1) is 5.92 Å². The van der Waals surface area contributed by atoms with Crippen LogP contribution in [0.3, 0.4) is 0 Å². The molecule has 2 rings (SSSR count). The summed E-state index contributed by atoms with van der Waals surface area (Å²) in [6.07, 6.45) is -0.344. The van der Waals surface area contributed by atoms with Gasteiger partial charge in [0.25, 0.3) is 0 Å². The van der Waals surface area contributed by atoms with E-state index in [1.54, 1.807) is 17.7 Å². The van der Waals surface area contributed by atoms with Crippen LogP contribution < -0.4 is 0 Å². The van der Waals surface area contributed by atoms with Crippen molar-refractivity contribution in [1.29, 1.82) is 0 Å². The fraction of sp³-hybridized carbons (Fsp3) is 0.312. The average Bonchev–Trinajstić information content (AvgIpc) is 2.88. The molecule has 6 nitrogen and oxygen atoms in total. The van der Waals surface area contributed by atoms with Gasteiger partial charge in [-0.3, -0.25) is 14.4 Å². The molecule has 2 aromatic rings. The highest BCUT2D eigenvalue weighted by Gasteiger charge is 2.33. The van der Waals surface area contributed by atoms with E-state index in [2.05, 4.69) is 9.47 Å². The van der Waals surface area contributed by atoms with E-state index in [4.69, 9.17) is 0 Å². The Bertz CT molecular complexity index is 731. The molecule has 1 unspecified atom stereocenters. The topological polar surface area (TPSA) is 74.6 Å².